The number of halogens is 2. The van der Waals surface area contributed by atoms with Crippen LogP contribution in [0.3, 0.4) is 0 Å². The molecular formula is C29H32F2NO2+. The molecule has 0 saturated carbocycles. The lowest BCUT2D eigenvalue weighted by Gasteiger charge is -2.58. The van der Waals surface area contributed by atoms with E-state index in [0.29, 0.717) is 30.3 Å². The molecule has 0 spiro atoms. The van der Waals surface area contributed by atoms with Gasteiger partial charge in [0, 0.05) is 6.42 Å². The molecule has 0 aromatic heterocycles. The number of ether oxygens (including phenoxy) is 1. The highest BCUT2D eigenvalue weighted by atomic mass is 19.1. The van der Waals surface area contributed by atoms with E-state index in [1.807, 2.05) is 18.2 Å². The Kier molecular flexibility index (Phi) is 6.52. The molecule has 5 heteroatoms. The summed E-state index contributed by atoms with van der Waals surface area (Å²) in [7, 11) is 0. The molecule has 3 fully saturated rings. The van der Waals surface area contributed by atoms with E-state index < -0.39 is 5.60 Å². The Bertz CT molecular complexity index is 1030. The zero-order valence-corrected chi connectivity index (χ0v) is 19.4. The second-order valence-electron chi connectivity index (χ2n) is 9.90. The van der Waals surface area contributed by atoms with Gasteiger partial charge in [0.05, 0.1) is 26.3 Å². The highest BCUT2D eigenvalue weighted by Gasteiger charge is 2.57. The van der Waals surface area contributed by atoms with Crippen LogP contribution in [-0.2, 0) is 16.9 Å². The van der Waals surface area contributed by atoms with Crippen LogP contribution in [0.15, 0.2) is 78.9 Å². The predicted molar refractivity (Wildman–Crippen MR) is 128 cm³/mol. The zero-order chi connectivity index (χ0) is 23.6. The third kappa shape index (κ3) is 4.40. The molecule has 3 saturated heterocycles. The molecule has 0 aliphatic carbocycles. The molecule has 3 aliphatic rings. The fourth-order valence-electron chi connectivity index (χ4n) is 6.14. The molecule has 1 atom stereocenters. The van der Waals surface area contributed by atoms with Gasteiger partial charge in [-0.1, -0.05) is 54.6 Å². The van der Waals surface area contributed by atoms with Crippen LogP contribution >= 0.6 is 0 Å². The normalized spacial score (nSPS) is 24.3. The molecule has 6 rings (SSSR count). The molecule has 3 heterocycles. The molecule has 3 nitrogen and oxygen atoms in total. The van der Waals surface area contributed by atoms with Gasteiger partial charge in [0.25, 0.3) is 0 Å². The number of nitrogens with zero attached hydrogens (tertiary/aromatic N) is 1. The number of fused-ring (bicyclic) bond motifs is 3. The van der Waals surface area contributed by atoms with Gasteiger partial charge in [-0.2, -0.15) is 0 Å². The molecule has 1 N–H and O–H groups in total. The van der Waals surface area contributed by atoms with Gasteiger partial charge in [-0.05, 0) is 59.7 Å². The largest absolute Gasteiger partial charge is 0.374 e. The summed E-state index contributed by atoms with van der Waals surface area (Å²) in [4.78, 5) is 0. The summed E-state index contributed by atoms with van der Waals surface area (Å²) in [5, 5.41) is 12.5. The van der Waals surface area contributed by atoms with Crippen molar-refractivity contribution in [3.63, 3.8) is 0 Å². The SMILES string of the molecule is OC(c1ccc(F)cc1)(c1ccc(F)cc1)C1CC2CC[N+]1(CCOCc1ccccc1)CC2. The van der Waals surface area contributed by atoms with E-state index in [-0.39, 0.29) is 17.7 Å². The minimum Gasteiger partial charge on any atom is -0.374 e. The van der Waals surface area contributed by atoms with Gasteiger partial charge < -0.3 is 14.3 Å². The fraction of sp³-hybridized carbons (Fsp3) is 0.379. The topological polar surface area (TPSA) is 29.5 Å². The summed E-state index contributed by atoms with van der Waals surface area (Å²) >= 11 is 0. The van der Waals surface area contributed by atoms with Crippen LogP contribution in [0.4, 0.5) is 8.78 Å². The van der Waals surface area contributed by atoms with Crippen LogP contribution in [0.25, 0.3) is 0 Å². The van der Waals surface area contributed by atoms with Crippen LogP contribution in [0.2, 0.25) is 0 Å². The summed E-state index contributed by atoms with van der Waals surface area (Å²) < 4.78 is 34.4. The van der Waals surface area contributed by atoms with Crippen molar-refractivity contribution < 1.29 is 23.1 Å². The zero-order valence-electron chi connectivity index (χ0n) is 19.4. The van der Waals surface area contributed by atoms with Crippen LogP contribution in [0.5, 0.6) is 0 Å². The summed E-state index contributed by atoms with van der Waals surface area (Å²) in [6, 6.07) is 22.3. The highest BCUT2D eigenvalue weighted by molar-refractivity contribution is 5.38. The van der Waals surface area contributed by atoms with E-state index >= 15 is 0 Å². The second kappa shape index (κ2) is 9.57. The molecule has 3 aromatic rings. The molecule has 178 valence electrons. The maximum absolute atomic E-state index is 13.8. The number of quaternary nitrogens is 1. The van der Waals surface area contributed by atoms with Crippen LogP contribution < -0.4 is 0 Å². The van der Waals surface area contributed by atoms with Crippen LogP contribution in [0.1, 0.15) is 36.0 Å². The van der Waals surface area contributed by atoms with E-state index in [2.05, 4.69) is 12.1 Å². The Morgan fingerprint density at radius 1 is 0.824 bits per heavy atom. The standard InChI is InChI=1S/C29H32F2NO2/c30-26-10-6-24(7-11-26)29(33,25-8-12-27(31)13-9-25)28-20-22-14-16-32(28,17-15-22)18-19-34-21-23-4-2-1-3-5-23/h1-13,22,28,33H,14-21H2/q+1. The van der Waals surface area contributed by atoms with Gasteiger partial charge in [-0.3, -0.25) is 0 Å². The maximum atomic E-state index is 13.8. The Balaban J connectivity index is 1.46. The first-order chi connectivity index (χ1) is 16.5. The van der Waals surface area contributed by atoms with Crippen molar-refractivity contribution in [1.82, 2.24) is 0 Å². The lowest BCUT2D eigenvalue weighted by atomic mass is 9.69. The number of rotatable bonds is 8. The number of aliphatic hydroxyl groups is 1. The second-order valence-corrected chi connectivity index (χ2v) is 9.90. The van der Waals surface area contributed by atoms with Crippen molar-refractivity contribution in [2.45, 2.75) is 37.5 Å². The molecule has 1 unspecified atom stereocenters. The Labute approximate surface area is 200 Å². The average Bonchev–Trinajstić information content (AvgIpc) is 2.88. The average molecular weight is 465 g/mol. The minimum absolute atomic E-state index is 0.115. The quantitative estimate of drug-likeness (QED) is 0.357. The van der Waals surface area contributed by atoms with Crippen molar-refractivity contribution >= 4 is 0 Å². The minimum atomic E-state index is -1.35. The van der Waals surface area contributed by atoms with E-state index in [1.54, 1.807) is 24.3 Å². The van der Waals surface area contributed by atoms with Crippen molar-refractivity contribution in [2.75, 3.05) is 26.2 Å². The molecule has 2 bridgehead atoms. The van der Waals surface area contributed by atoms with Crippen molar-refractivity contribution in [3.8, 4) is 0 Å². The number of hydrogen-bond donors (Lipinski definition) is 1. The van der Waals surface area contributed by atoms with Crippen molar-refractivity contribution in [1.29, 1.82) is 0 Å². The predicted octanol–water partition coefficient (Wildman–Crippen LogP) is 5.42. The molecular weight excluding hydrogens is 432 g/mol. The molecule has 3 aromatic carbocycles. The maximum Gasteiger partial charge on any atom is 0.166 e. The van der Waals surface area contributed by atoms with Gasteiger partial charge in [0.15, 0.2) is 5.60 Å². The summed E-state index contributed by atoms with van der Waals surface area (Å²) in [5.41, 5.74) is 1.10. The van der Waals surface area contributed by atoms with Crippen molar-refractivity contribution in [3.05, 3.63) is 107 Å². The summed E-state index contributed by atoms with van der Waals surface area (Å²) in [6.45, 7) is 3.92. The number of benzene rings is 3. The van der Waals surface area contributed by atoms with E-state index in [4.69, 9.17) is 4.74 Å². The lowest BCUT2D eigenvalue weighted by Crippen LogP contribution is -2.71. The summed E-state index contributed by atoms with van der Waals surface area (Å²) in [6.07, 6.45) is 3.15. The lowest BCUT2D eigenvalue weighted by molar-refractivity contribution is -0.973. The number of hydrogen-bond acceptors (Lipinski definition) is 2. The molecule has 3 aliphatic heterocycles. The third-order valence-corrected chi connectivity index (χ3v) is 8.03. The first-order valence-electron chi connectivity index (χ1n) is 12.2. The fourth-order valence-corrected chi connectivity index (χ4v) is 6.14. The molecule has 0 amide bonds. The van der Waals surface area contributed by atoms with Crippen LogP contribution in [0, 0.1) is 17.6 Å². The van der Waals surface area contributed by atoms with Gasteiger partial charge in [0.1, 0.15) is 24.2 Å². The third-order valence-electron chi connectivity index (χ3n) is 8.03. The molecule has 34 heavy (non-hydrogen) atoms. The Morgan fingerprint density at radius 2 is 1.38 bits per heavy atom. The first kappa shape index (κ1) is 23.2. The van der Waals surface area contributed by atoms with E-state index in [1.165, 1.54) is 24.3 Å². The number of piperidine rings is 3. The van der Waals surface area contributed by atoms with Gasteiger partial charge in [-0.15, -0.1) is 0 Å². The van der Waals surface area contributed by atoms with Gasteiger partial charge in [-0.25, -0.2) is 8.78 Å². The van der Waals surface area contributed by atoms with E-state index in [0.717, 1.165) is 48.9 Å². The first-order valence-corrected chi connectivity index (χ1v) is 12.2. The monoisotopic (exact) mass is 464 g/mol. The smallest absolute Gasteiger partial charge is 0.166 e. The van der Waals surface area contributed by atoms with E-state index in [9.17, 15) is 13.9 Å². The van der Waals surface area contributed by atoms with Gasteiger partial charge in [0.2, 0.25) is 0 Å². The Morgan fingerprint density at radius 3 is 1.94 bits per heavy atom. The van der Waals surface area contributed by atoms with Gasteiger partial charge >= 0.3 is 0 Å². The van der Waals surface area contributed by atoms with Crippen LogP contribution in [-0.4, -0.2) is 41.9 Å². The summed E-state index contributed by atoms with van der Waals surface area (Å²) in [5.74, 6) is -0.120. The highest BCUT2D eigenvalue weighted by Crippen LogP contribution is 2.48. The molecule has 0 radical (unpaired) electrons. The Hall–Kier alpha value is -2.60. The van der Waals surface area contributed by atoms with Crippen molar-refractivity contribution in [2.24, 2.45) is 5.92 Å².